The first kappa shape index (κ1) is 11.2. The first-order valence-corrected chi connectivity index (χ1v) is 4.52. The summed E-state index contributed by atoms with van der Waals surface area (Å²) in [6, 6.07) is 5.79. The van der Waals surface area contributed by atoms with E-state index >= 15 is 0 Å². The van der Waals surface area contributed by atoms with E-state index in [1.807, 2.05) is 32.0 Å². The summed E-state index contributed by atoms with van der Waals surface area (Å²) in [6.45, 7) is 3.90. The number of hydrogen-bond acceptors (Lipinski definition) is 2. The summed E-state index contributed by atoms with van der Waals surface area (Å²) in [5.41, 5.74) is 3.00. The maximum atomic E-state index is 10.8. The second kappa shape index (κ2) is 4.55. The number of carbonyl (C=O) groups excluding carboxylic acids is 1. The lowest BCUT2D eigenvalue weighted by Gasteiger charge is -1.99. The van der Waals surface area contributed by atoms with Gasteiger partial charge >= 0.3 is 5.97 Å². The number of carboxylic acids is 1. The lowest BCUT2D eigenvalue weighted by atomic mass is 10.1. The van der Waals surface area contributed by atoms with Crippen molar-refractivity contribution in [2.45, 2.75) is 13.8 Å². The van der Waals surface area contributed by atoms with E-state index in [2.05, 4.69) is 0 Å². The number of rotatable bonds is 3. The highest BCUT2D eigenvalue weighted by molar-refractivity contribution is 6.38. The van der Waals surface area contributed by atoms with Crippen molar-refractivity contribution in [1.29, 1.82) is 0 Å². The van der Waals surface area contributed by atoms with Crippen LogP contribution in [0.3, 0.4) is 0 Å². The molecule has 1 aromatic carbocycles. The molecule has 0 aromatic heterocycles. The lowest BCUT2D eigenvalue weighted by Crippen LogP contribution is -2.08. The van der Waals surface area contributed by atoms with E-state index in [9.17, 15) is 9.59 Å². The van der Waals surface area contributed by atoms with Crippen LogP contribution in [0.25, 0.3) is 6.08 Å². The van der Waals surface area contributed by atoms with E-state index in [0.29, 0.717) is 0 Å². The van der Waals surface area contributed by atoms with Gasteiger partial charge in [0.25, 0.3) is 5.78 Å². The Morgan fingerprint density at radius 3 is 2.13 bits per heavy atom. The van der Waals surface area contributed by atoms with E-state index in [-0.39, 0.29) is 0 Å². The Balaban J connectivity index is 2.89. The van der Waals surface area contributed by atoms with E-state index < -0.39 is 11.8 Å². The molecule has 0 unspecified atom stereocenters. The van der Waals surface area contributed by atoms with Crippen LogP contribution in [0.1, 0.15) is 16.7 Å². The zero-order valence-electron chi connectivity index (χ0n) is 8.65. The van der Waals surface area contributed by atoms with Crippen LogP contribution >= 0.6 is 0 Å². The molecular weight excluding hydrogens is 192 g/mol. The van der Waals surface area contributed by atoms with Crippen molar-refractivity contribution in [3.05, 3.63) is 41.0 Å². The molecule has 1 rings (SSSR count). The summed E-state index contributed by atoms with van der Waals surface area (Å²) >= 11 is 0. The summed E-state index contributed by atoms with van der Waals surface area (Å²) in [5, 5.41) is 8.37. The van der Waals surface area contributed by atoms with Crippen LogP contribution in [0.5, 0.6) is 0 Å². The van der Waals surface area contributed by atoms with Gasteiger partial charge in [-0.15, -0.1) is 0 Å². The Morgan fingerprint density at radius 2 is 1.67 bits per heavy atom. The van der Waals surface area contributed by atoms with Crippen LogP contribution in [0.15, 0.2) is 24.3 Å². The Hall–Kier alpha value is -1.90. The average Bonchev–Trinajstić information content (AvgIpc) is 2.12. The molecule has 0 bridgehead atoms. The van der Waals surface area contributed by atoms with Gasteiger partial charge in [0.05, 0.1) is 0 Å². The number of ketones is 1. The maximum Gasteiger partial charge on any atom is 0.376 e. The normalized spacial score (nSPS) is 10.5. The standard InChI is InChI=1S/C12H12O3/c1-8-5-9(2)7-10(6-8)3-4-11(13)12(14)15/h3-7H,1-2H3,(H,14,15)/b4-3+. The Labute approximate surface area is 88.0 Å². The van der Waals surface area contributed by atoms with Crippen molar-refractivity contribution < 1.29 is 14.7 Å². The fourth-order valence-corrected chi connectivity index (χ4v) is 1.35. The van der Waals surface area contributed by atoms with Gasteiger partial charge in [0, 0.05) is 0 Å². The highest BCUT2D eigenvalue weighted by atomic mass is 16.4. The number of aryl methyl sites for hydroxylation is 2. The SMILES string of the molecule is Cc1cc(C)cc(/C=C/C(=O)C(=O)O)c1. The molecule has 0 aliphatic rings. The molecule has 0 aliphatic carbocycles. The second-order valence-corrected chi connectivity index (χ2v) is 3.42. The number of benzene rings is 1. The van der Waals surface area contributed by atoms with Crippen LogP contribution in [-0.4, -0.2) is 16.9 Å². The van der Waals surface area contributed by atoms with Gasteiger partial charge in [-0.25, -0.2) is 4.79 Å². The first-order chi connectivity index (χ1) is 6.99. The average molecular weight is 204 g/mol. The largest absolute Gasteiger partial charge is 0.475 e. The van der Waals surface area contributed by atoms with Gasteiger partial charge in [-0.05, 0) is 25.5 Å². The number of carboxylic acid groups (broad SMARTS) is 1. The summed E-state index contributed by atoms with van der Waals surface area (Å²) < 4.78 is 0. The minimum Gasteiger partial charge on any atom is -0.475 e. The molecule has 15 heavy (non-hydrogen) atoms. The summed E-state index contributed by atoms with van der Waals surface area (Å²) in [4.78, 5) is 21.1. The fourth-order valence-electron chi connectivity index (χ4n) is 1.35. The van der Waals surface area contributed by atoms with Crippen LogP contribution in [0, 0.1) is 13.8 Å². The summed E-state index contributed by atoms with van der Waals surface area (Å²) in [7, 11) is 0. The van der Waals surface area contributed by atoms with Gasteiger partial charge in [-0.2, -0.15) is 0 Å². The van der Waals surface area contributed by atoms with E-state index in [1.54, 1.807) is 0 Å². The maximum absolute atomic E-state index is 10.8. The second-order valence-electron chi connectivity index (χ2n) is 3.42. The van der Waals surface area contributed by atoms with Crippen LogP contribution in [0.2, 0.25) is 0 Å². The molecule has 3 heteroatoms. The van der Waals surface area contributed by atoms with E-state index in [1.165, 1.54) is 6.08 Å². The Morgan fingerprint density at radius 1 is 1.13 bits per heavy atom. The first-order valence-electron chi connectivity index (χ1n) is 4.52. The molecule has 1 aromatic rings. The fraction of sp³-hybridized carbons (Fsp3) is 0.167. The van der Waals surface area contributed by atoms with Gasteiger partial charge < -0.3 is 5.11 Å². The lowest BCUT2D eigenvalue weighted by molar-refractivity contribution is -0.146. The monoisotopic (exact) mass is 204 g/mol. The summed E-state index contributed by atoms with van der Waals surface area (Å²) in [5.74, 6) is -2.34. The van der Waals surface area contributed by atoms with Crippen LogP contribution in [0.4, 0.5) is 0 Å². The number of hydrogen-bond donors (Lipinski definition) is 1. The van der Waals surface area contributed by atoms with Gasteiger partial charge in [0.15, 0.2) is 0 Å². The van der Waals surface area contributed by atoms with Crippen molar-refractivity contribution >= 4 is 17.8 Å². The smallest absolute Gasteiger partial charge is 0.376 e. The topological polar surface area (TPSA) is 54.4 Å². The number of carbonyl (C=O) groups is 2. The molecule has 78 valence electrons. The third-order valence-corrected chi connectivity index (χ3v) is 1.88. The third kappa shape index (κ3) is 3.38. The highest BCUT2D eigenvalue weighted by Crippen LogP contribution is 2.10. The van der Waals surface area contributed by atoms with Gasteiger partial charge in [0.1, 0.15) is 0 Å². The molecule has 0 amide bonds. The van der Waals surface area contributed by atoms with Crippen molar-refractivity contribution in [2.75, 3.05) is 0 Å². The van der Waals surface area contributed by atoms with Crippen molar-refractivity contribution in [2.24, 2.45) is 0 Å². The van der Waals surface area contributed by atoms with Gasteiger partial charge in [-0.1, -0.05) is 35.4 Å². The van der Waals surface area contributed by atoms with E-state index in [4.69, 9.17) is 5.11 Å². The van der Waals surface area contributed by atoms with Gasteiger partial charge in [0.2, 0.25) is 0 Å². The molecule has 0 atom stereocenters. The van der Waals surface area contributed by atoms with Crippen molar-refractivity contribution in [3.8, 4) is 0 Å². The predicted octanol–water partition coefficient (Wildman–Crippen LogP) is 1.97. The molecule has 0 radical (unpaired) electrons. The quantitative estimate of drug-likeness (QED) is 0.605. The molecule has 0 heterocycles. The minimum absolute atomic E-state index is 0.835. The molecule has 0 saturated carbocycles. The van der Waals surface area contributed by atoms with Crippen LogP contribution in [-0.2, 0) is 9.59 Å². The van der Waals surface area contributed by atoms with Crippen molar-refractivity contribution in [1.82, 2.24) is 0 Å². The molecule has 3 nitrogen and oxygen atoms in total. The van der Waals surface area contributed by atoms with Gasteiger partial charge in [-0.3, -0.25) is 4.79 Å². The molecule has 0 spiro atoms. The summed E-state index contributed by atoms with van der Waals surface area (Å²) in [6.07, 6.45) is 2.58. The number of aliphatic carboxylic acids is 1. The molecule has 0 fully saturated rings. The third-order valence-electron chi connectivity index (χ3n) is 1.88. The highest BCUT2D eigenvalue weighted by Gasteiger charge is 2.05. The Kier molecular flexibility index (Phi) is 3.39. The molecule has 0 aliphatic heterocycles. The molecular formula is C12H12O3. The zero-order chi connectivity index (χ0) is 11.4. The van der Waals surface area contributed by atoms with Crippen molar-refractivity contribution in [3.63, 3.8) is 0 Å². The minimum atomic E-state index is -1.43. The zero-order valence-corrected chi connectivity index (χ0v) is 8.65. The molecule has 0 saturated heterocycles. The molecule has 1 N–H and O–H groups in total. The predicted molar refractivity (Wildman–Crippen MR) is 57.6 cm³/mol. The Bertz CT molecular complexity index is 410. The van der Waals surface area contributed by atoms with E-state index in [0.717, 1.165) is 22.8 Å². The van der Waals surface area contributed by atoms with Crippen LogP contribution < -0.4 is 0 Å².